The molecule has 20 heavy (non-hydrogen) atoms. The van der Waals surface area contributed by atoms with Crippen LogP contribution in [0.5, 0.6) is 0 Å². The highest BCUT2D eigenvalue weighted by molar-refractivity contribution is 5.95. The van der Waals surface area contributed by atoms with Crippen molar-refractivity contribution in [2.75, 3.05) is 13.1 Å². The average molecular weight is 313 g/mol. The lowest BCUT2D eigenvalue weighted by Gasteiger charge is -2.23. The molecular formula is C10H11F8NO. The third-order valence-electron chi connectivity index (χ3n) is 2.30. The number of hydrogen-bond acceptors (Lipinski definition) is 1. The zero-order valence-corrected chi connectivity index (χ0v) is 10.4. The SMILES string of the molecule is CCN(CC)C(=O)/C(=C(\F)C(F)C(F)(F)F)C(F)(F)F. The van der Waals surface area contributed by atoms with Gasteiger partial charge in [0.05, 0.1) is 0 Å². The first-order chi connectivity index (χ1) is 8.87. The maximum atomic E-state index is 13.2. The van der Waals surface area contributed by atoms with Gasteiger partial charge in [0.1, 0.15) is 0 Å². The summed E-state index contributed by atoms with van der Waals surface area (Å²) >= 11 is 0. The van der Waals surface area contributed by atoms with Crippen LogP contribution in [0.1, 0.15) is 13.8 Å². The fraction of sp³-hybridized carbons (Fsp3) is 0.700. The van der Waals surface area contributed by atoms with E-state index in [9.17, 15) is 39.9 Å². The van der Waals surface area contributed by atoms with E-state index in [2.05, 4.69) is 0 Å². The van der Waals surface area contributed by atoms with Crippen molar-refractivity contribution in [3.8, 4) is 0 Å². The lowest BCUT2D eigenvalue weighted by molar-refractivity contribution is -0.176. The Morgan fingerprint density at radius 3 is 1.70 bits per heavy atom. The predicted molar refractivity (Wildman–Crippen MR) is 53.1 cm³/mol. The third-order valence-corrected chi connectivity index (χ3v) is 2.30. The summed E-state index contributed by atoms with van der Waals surface area (Å²) < 4.78 is 99.2. The van der Waals surface area contributed by atoms with Crippen molar-refractivity contribution in [1.29, 1.82) is 0 Å². The van der Waals surface area contributed by atoms with E-state index in [1.807, 2.05) is 0 Å². The molecule has 0 aliphatic carbocycles. The van der Waals surface area contributed by atoms with Gasteiger partial charge in [0.25, 0.3) is 5.91 Å². The molecule has 0 spiro atoms. The topological polar surface area (TPSA) is 20.3 Å². The number of carbonyl (C=O) groups is 1. The van der Waals surface area contributed by atoms with Crippen LogP contribution >= 0.6 is 0 Å². The summed E-state index contributed by atoms with van der Waals surface area (Å²) in [7, 11) is 0. The molecule has 1 atom stereocenters. The van der Waals surface area contributed by atoms with Crippen molar-refractivity contribution in [2.24, 2.45) is 0 Å². The molecule has 0 saturated carbocycles. The number of likely N-dealkylation sites (N-methyl/N-ethyl adjacent to an activating group) is 1. The Kier molecular flexibility index (Phi) is 5.97. The molecule has 0 radical (unpaired) electrons. The van der Waals surface area contributed by atoms with E-state index in [1.54, 1.807) is 0 Å². The minimum atomic E-state index is -5.87. The largest absolute Gasteiger partial charge is 0.426 e. The normalized spacial score (nSPS) is 15.7. The molecule has 0 aliphatic rings. The van der Waals surface area contributed by atoms with E-state index in [1.165, 1.54) is 13.8 Å². The molecule has 0 aromatic carbocycles. The first-order valence-electron chi connectivity index (χ1n) is 5.34. The molecule has 0 N–H and O–H groups in total. The van der Waals surface area contributed by atoms with Crippen molar-refractivity contribution in [1.82, 2.24) is 4.90 Å². The predicted octanol–water partition coefficient (Wildman–Crippen LogP) is 3.54. The summed E-state index contributed by atoms with van der Waals surface area (Å²) in [5.41, 5.74) is -2.77. The Labute approximate surface area is 109 Å². The monoisotopic (exact) mass is 313 g/mol. The van der Waals surface area contributed by atoms with Gasteiger partial charge < -0.3 is 4.90 Å². The van der Waals surface area contributed by atoms with Crippen LogP contribution in [0.4, 0.5) is 35.1 Å². The molecule has 0 aliphatic heterocycles. The minimum absolute atomic E-state index is 0.300. The highest BCUT2D eigenvalue weighted by Crippen LogP contribution is 2.37. The van der Waals surface area contributed by atoms with E-state index >= 15 is 0 Å². The second-order valence-electron chi connectivity index (χ2n) is 3.60. The Hall–Kier alpha value is -1.35. The van der Waals surface area contributed by atoms with Crippen LogP contribution in [0, 0.1) is 0 Å². The van der Waals surface area contributed by atoms with Crippen LogP contribution in [-0.4, -0.2) is 42.4 Å². The smallest absolute Gasteiger partial charge is 0.339 e. The number of halogens is 8. The van der Waals surface area contributed by atoms with Crippen molar-refractivity contribution in [3.63, 3.8) is 0 Å². The van der Waals surface area contributed by atoms with Crippen LogP contribution in [0.15, 0.2) is 11.4 Å². The van der Waals surface area contributed by atoms with Crippen LogP contribution in [0.2, 0.25) is 0 Å². The standard InChI is InChI=1S/C10H11F8NO/c1-3-19(4-2)8(20)5(9(13,14)15)6(11)7(12)10(16,17)18/h7H,3-4H2,1-2H3/b6-5+. The second kappa shape index (κ2) is 6.40. The van der Waals surface area contributed by atoms with Crippen LogP contribution in [-0.2, 0) is 4.79 Å². The number of rotatable bonds is 4. The van der Waals surface area contributed by atoms with E-state index in [-0.39, 0.29) is 13.1 Å². The van der Waals surface area contributed by atoms with Gasteiger partial charge in [-0.05, 0) is 13.8 Å². The van der Waals surface area contributed by atoms with Gasteiger partial charge in [-0.1, -0.05) is 0 Å². The maximum Gasteiger partial charge on any atom is 0.426 e. The highest BCUT2D eigenvalue weighted by Gasteiger charge is 2.51. The fourth-order valence-corrected chi connectivity index (χ4v) is 1.30. The average Bonchev–Trinajstić information content (AvgIpc) is 2.26. The molecular weight excluding hydrogens is 302 g/mol. The third kappa shape index (κ3) is 4.34. The molecule has 0 aromatic rings. The van der Waals surface area contributed by atoms with Gasteiger partial charge in [0.15, 0.2) is 11.4 Å². The summed E-state index contributed by atoms with van der Waals surface area (Å²) in [4.78, 5) is 11.8. The van der Waals surface area contributed by atoms with Gasteiger partial charge >= 0.3 is 12.4 Å². The zero-order chi connectivity index (χ0) is 16.3. The summed E-state index contributed by atoms with van der Waals surface area (Å²) in [6.45, 7) is 1.88. The molecule has 118 valence electrons. The van der Waals surface area contributed by atoms with Gasteiger partial charge in [-0.2, -0.15) is 26.3 Å². The molecule has 0 rings (SSSR count). The number of nitrogens with zero attached hydrogens (tertiary/aromatic N) is 1. The Morgan fingerprint density at radius 2 is 1.45 bits per heavy atom. The van der Waals surface area contributed by atoms with Crippen molar-refractivity contribution >= 4 is 5.91 Å². The summed E-state index contributed by atoms with van der Waals surface area (Å²) in [5.74, 6) is -5.21. The maximum absolute atomic E-state index is 13.2. The van der Waals surface area contributed by atoms with E-state index in [0.29, 0.717) is 4.90 Å². The second-order valence-corrected chi connectivity index (χ2v) is 3.60. The van der Waals surface area contributed by atoms with Crippen molar-refractivity contribution in [2.45, 2.75) is 32.4 Å². The molecule has 0 fully saturated rings. The number of hydrogen-bond donors (Lipinski definition) is 0. The zero-order valence-electron chi connectivity index (χ0n) is 10.4. The van der Waals surface area contributed by atoms with Crippen LogP contribution in [0.3, 0.4) is 0 Å². The lowest BCUT2D eigenvalue weighted by atomic mass is 10.1. The highest BCUT2D eigenvalue weighted by atomic mass is 19.4. The number of allylic oxidation sites excluding steroid dienone is 1. The molecule has 1 amide bonds. The summed E-state index contributed by atoms with van der Waals surface area (Å²) in [5, 5.41) is 0. The molecule has 0 heterocycles. The molecule has 1 unspecified atom stereocenters. The number of amides is 1. The Bertz CT molecular complexity index is 380. The Morgan fingerprint density at radius 1 is 1.05 bits per heavy atom. The van der Waals surface area contributed by atoms with Gasteiger partial charge in [-0.15, -0.1) is 0 Å². The van der Waals surface area contributed by atoms with Gasteiger partial charge in [-0.25, -0.2) is 8.78 Å². The quantitative estimate of drug-likeness (QED) is 0.574. The minimum Gasteiger partial charge on any atom is -0.339 e. The molecule has 0 bridgehead atoms. The molecule has 2 nitrogen and oxygen atoms in total. The first-order valence-corrected chi connectivity index (χ1v) is 5.34. The molecule has 0 saturated heterocycles. The van der Waals surface area contributed by atoms with Crippen molar-refractivity contribution < 1.29 is 39.9 Å². The van der Waals surface area contributed by atoms with E-state index < -0.39 is 35.8 Å². The van der Waals surface area contributed by atoms with Crippen LogP contribution < -0.4 is 0 Å². The lowest BCUT2D eigenvalue weighted by Crippen LogP contribution is -2.39. The first kappa shape index (κ1) is 18.7. The number of carbonyl (C=O) groups excluding carboxylic acids is 1. The van der Waals surface area contributed by atoms with Gasteiger partial charge in [0.2, 0.25) is 6.17 Å². The van der Waals surface area contributed by atoms with E-state index in [0.717, 1.165) is 0 Å². The van der Waals surface area contributed by atoms with Crippen LogP contribution in [0.25, 0.3) is 0 Å². The van der Waals surface area contributed by atoms with E-state index in [4.69, 9.17) is 0 Å². The fourth-order valence-electron chi connectivity index (χ4n) is 1.30. The number of alkyl halides is 7. The van der Waals surface area contributed by atoms with Gasteiger partial charge in [0, 0.05) is 13.1 Å². The summed E-state index contributed by atoms with van der Waals surface area (Å²) in [6, 6.07) is 0. The molecule has 10 heteroatoms. The Balaban J connectivity index is 5.87. The van der Waals surface area contributed by atoms with Crippen molar-refractivity contribution in [3.05, 3.63) is 11.4 Å². The summed E-state index contributed by atoms with van der Waals surface area (Å²) in [6.07, 6.45) is -16.1. The molecule has 0 aromatic heterocycles. The van der Waals surface area contributed by atoms with Gasteiger partial charge in [-0.3, -0.25) is 4.79 Å².